The van der Waals surface area contributed by atoms with Crippen LogP contribution in [-0.4, -0.2) is 58.1 Å². The first-order chi connectivity index (χ1) is 14.5. The van der Waals surface area contributed by atoms with Gasteiger partial charge in [-0.3, -0.25) is 14.5 Å². The molecule has 2 aromatic carbocycles. The number of likely N-dealkylation sites (tertiary alicyclic amines) is 1. The zero-order valence-corrected chi connectivity index (χ0v) is 17.4. The van der Waals surface area contributed by atoms with Gasteiger partial charge in [-0.05, 0) is 50.2 Å². The van der Waals surface area contributed by atoms with Crippen molar-refractivity contribution in [3.05, 3.63) is 59.0 Å². The van der Waals surface area contributed by atoms with Crippen molar-refractivity contribution >= 4 is 35.2 Å². The monoisotopic (exact) mass is 445 g/mol. The number of aromatic nitrogens is 1. The van der Waals surface area contributed by atoms with Crippen LogP contribution in [0, 0.1) is 5.82 Å². The molecule has 2 aliphatic rings. The molecule has 0 spiro atoms. The largest absolute Gasteiger partial charge is 0.507 e. The summed E-state index contributed by atoms with van der Waals surface area (Å²) in [5.74, 6) is -1.08. The average molecular weight is 446 g/mol. The van der Waals surface area contributed by atoms with Gasteiger partial charge >= 0.3 is 0 Å². The minimum absolute atomic E-state index is 0. The number of phenols is 1. The van der Waals surface area contributed by atoms with Crippen LogP contribution < -0.4 is 0 Å². The second-order valence-corrected chi connectivity index (χ2v) is 7.79. The van der Waals surface area contributed by atoms with Crippen molar-refractivity contribution in [2.24, 2.45) is 0 Å². The first-order valence-corrected chi connectivity index (χ1v) is 9.98. The van der Waals surface area contributed by atoms with Crippen LogP contribution >= 0.6 is 12.4 Å². The third kappa shape index (κ3) is 3.66. The van der Waals surface area contributed by atoms with E-state index in [-0.39, 0.29) is 53.5 Å². The number of carbonyl (C=O) groups excluding carboxylic acids is 2. The van der Waals surface area contributed by atoms with Gasteiger partial charge in [-0.25, -0.2) is 4.39 Å². The molecule has 9 heteroatoms. The summed E-state index contributed by atoms with van der Waals surface area (Å²) in [4.78, 5) is 28.5. The predicted molar refractivity (Wildman–Crippen MR) is 113 cm³/mol. The number of hydrogen-bond donors (Lipinski definition) is 1. The average Bonchev–Trinajstić information content (AvgIpc) is 3.26. The molecule has 0 unspecified atom stereocenters. The highest BCUT2D eigenvalue weighted by molar-refractivity contribution is 6.22. The number of benzene rings is 2. The highest BCUT2D eigenvalue weighted by Crippen LogP contribution is 2.33. The van der Waals surface area contributed by atoms with Crippen LogP contribution in [-0.2, 0) is 0 Å². The molecule has 0 bridgehead atoms. The summed E-state index contributed by atoms with van der Waals surface area (Å²) in [6, 6.07) is 9.02. The summed E-state index contributed by atoms with van der Waals surface area (Å²) in [6.45, 7) is 2.45. The van der Waals surface area contributed by atoms with Crippen molar-refractivity contribution < 1.29 is 23.6 Å². The van der Waals surface area contributed by atoms with Gasteiger partial charge < -0.3 is 14.5 Å². The fourth-order valence-corrected chi connectivity index (χ4v) is 4.42. The lowest BCUT2D eigenvalue weighted by atomic mass is 9.91. The molecule has 0 saturated carbocycles. The van der Waals surface area contributed by atoms with Gasteiger partial charge in [0.05, 0.1) is 16.8 Å². The maximum Gasteiger partial charge on any atom is 0.265 e. The third-order valence-electron chi connectivity index (χ3n) is 6.05. The van der Waals surface area contributed by atoms with Gasteiger partial charge in [0.1, 0.15) is 11.6 Å². The van der Waals surface area contributed by atoms with Gasteiger partial charge in [-0.2, -0.15) is 0 Å². The topological polar surface area (TPSA) is 86.9 Å². The third-order valence-corrected chi connectivity index (χ3v) is 6.05. The number of aromatic hydroxyl groups is 1. The number of amides is 2. The zero-order chi connectivity index (χ0) is 20.8. The van der Waals surface area contributed by atoms with Gasteiger partial charge in [0.15, 0.2) is 5.58 Å². The summed E-state index contributed by atoms with van der Waals surface area (Å²) >= 11 is 0. The van der Waals surface area contributed by atoms with Crippen LogP contribution in [0.4, 0.5) is 4.39 Å². The minimum Gasteiger partial charge on any atom is -0.507 e. The van der Waals surface area contributed by atoms with Crippen molar-refractivity contribution in [3.63, 3.8) is 0 Å². The number of rotatable bonds is 4. The molecular weight excluding hydrogens is 425 g/mol. The molecule has 3 heterocycles. The summed E-state index contributed by atoms with van der Waals surface area (Å²) < 4.78 is 18.6. The molecule has 0 atom stereocenters. The van der Waals surface area contributed by atoms with Crippen LogP contribution in [0.2, 0.25) is 0 Å². The van der Waals surface area contributed by atoms with E-state index in [1.165, 1.54) is 23.1 Å². The molecular formula is C22H21ClFN3O4. The summed E-state index contributed by atoms with van der Waals surface area (Å²) in [5.41, 5.74) is 1.67. The minimum atomic E-state index is -0.440. The smallest absolute Gasteiger partial charge is 0.265 e. The van der Waals surface area contributed by atoms with Gasteiger partial charge in [-0.15, -0.1) is 12.4 Å². The number of piperidine rings is 1. The van der Waals surface area contributed by atoms with E-state index < -0.39 is 5.91 Å². The van der Waals surface area contributed by atoms with E-state index in [9.17, 15) is 19.1 Å². The predicted octanol–water partition coefficient (Wildman–Crippen LogP) is 3.57. The molecule has 2 amide bonds. The summed E-state index contributed by atoms with van der Waals surface area (Å²) in [7, 11) is 0. The van der Waals surface area contributed by atoms with Gasteiger partial charge in [0.2, 0.25) is 0 Å². The van der Waals surface area contributed by atoms with E-state index in [1.807, 2.05) is 0 Å². The Hall–Kier alpha value is -2.97. The van der Waals surface area contributed by atoms with Crippen LogP contribution in [0.5, 0.6) is 5.75 Å². The lowest BCUT2D eigenvalue weighted by molar-refractivity contribution is 0.0629. The Bertz CT molecular complexity index is 1160. The highest BCUT2D eigenvalue weighted by Gasteiger charge is 2.37. The summed E-state index contributed by atoms with van der Waals surface area (Å²) in [6.07, 6.45) is 1.73. The van der Waals surface area contributed by atoms with E-state index in [0.717, 1.165) is 37.0 Å². The number of fused-ring (bicyclic) bond motifs is 2. The first-order valence-electron chi connectivity index (χ1n) is 9.98. The Morgan fingerprint density at radius 2 is 1.87 bits per heavy atom. The van der Waals surface area contributed by atoms with Crippen LogP contribution in [0.1, 0.15) is 45.2 Å². The zero-order valence-electron chi connectivity index (χ0n) is 16.6. The Balaban J connectivity index is 0.00000231. The fraction of sp³-hybridized carbons (Fsp3) is 0.318. The molecule has 3 aromatic rings. The normalized spacial score (nSPS) is 17.3. The van der Waals surface area contributed by atoms with Crippen molar-refractivity contribution in [2.45, 2.75) is 18.8 Å². The second-order valence-electron chi connectivity index (χ2n) is 7.79. The van der Waals surface area contributed by atoms with Crippen molar-refractivity contribution in [2.75, 3.05) is 26.2 Å². The van der Waals surface area contributed by atoms with Gasteiger partial charge in [0, 0.05) is 30.5 Å². The lowest BCUT2D eigenvalue weighted by Crippen LogP contribution is -2.41. The second kappa shape index (κ2) is 8.28. The van der Waals surface area contributed by atoms with E-state index in [1.54, 1.807) is 18.2 Å². The van der Waals surface area contributed by atoms with Gasteiger partial charge in [0.25, 0.3) is 11.8 Å². The molecule has 2 aliphatic heterocycles. The Labute approximate surface area is 183 Å². The Morgan fingerprint density at radius 1 is 1.10 bits per heavy atom. The quantitative estimate of drug-likeness (QED) is 0.618. The number of nitrogens with zero attached hydrogens (tertiary/aromatic N) is 3. The Morgan fingerprint density at radius 3 is 2.61 bits per heavy atom. The van der Waals surface area contributed by atoms with Gasteiger partial charge in [-0.1, -0.05) is 11.2 Å². The molecule has 1 aromatic heterocycles. The lowest BCUT2D eigenvalue weighted by Gasteiger charge is -2.32. The highest BCUT2D eigenvalue weighted by atomic mass is 35.5. The van der Waals surface area contributed by atoms with Crippen LogP contribution in [0.15, 0.2) is 40.9 Å². The maximum absolute atomic E-state index is 13.4. The standard InChI is InChI=1S/C22H20FN3O4.ClH/c23-14-4-5-15-18(12-14)30-24-20(15)13-6-8-25(9-7-13)10-11-26-21(28)16-2-1-3-17(27)19(16)22(26)29;/h1-5,12-13,27H,6-11H2;1H. The number of imide groups is 1. The molecule has 1 N–H and O–H groups in total. The molecule has 162 valence electrons. The maximum atomic E-state index is 13.4. The SMILES string of the molecule is Cl.O=C1c2cccc(O)c2C(=O)N1CCN1CCC(c2noc3cc(F)ccc23)CC1. The molecule has 1 fully saturated rings. The van der Waals surface area contributed by atoms with E-state index in [4.69, 9.17) is 4.52 Å². The van der Waals surface area contributed by atoms with Crippen molar-refractivity contribution in [1.82, 2.24) is 15.0 Å². The fourth-order valence-electron chi connectivity index (χ4n) is 4.42. The number of phenolic OH excluding ortho intramolecular Hbond substituents is 1. The molecule has 1 saturated heterocycles. The van der Waals surface area contributed by atoms with E-state index >= 15 is 0 Å². The first kappa shape index (κ1) is 21.3. The van der Waals surface area contributed by atoms with E-state index in [2.05, 4.69) is 10.1 Å². The summed E-state index contributed by atoms with van der Waals surface area (Å²) in [5, 5.41) is 14.9. The van der Waals surface area contributed by atoms with Crippen molar-refractivity contribution in [3.8, 4) is 5.75 Å². The van der Waals surface area contributed by atoms with Crippen molar-refractivity contribution in [1.29, 1.82) is 0 Å². The number of hydrogen-bond acceptors (Lipinski definition) is 6. The molecule has 31 heavy (non-hydrogen) atoms. The number of carbonyl (C=O) groups is 2. The van der Waals surface area contributed by atoms with Crippen LogP contribution in [0.25, 0.3) is 11.0 Å². The molecule has 5 rings (SSSR count). The van der Waals surface area contributed by atoms with Crippen LogP contribution in [0.3, 0.4) is 0 Å². The molecule has 0 aliphatic carbocycles. The molecule has 0 radical (unpaired) electrons. The molecule has 7 nitrogen and oxygen atoms in total. The van der Waals surface area contributed by atoms with E-state index in [0.29, 0.717) is 12.1 Å². The Kier molecular flexibility index (Phi) is 5.68. The number of halogens is 2.